The van der Waals surface area contributed by atoms with Crippen LogP contribution in [0.4, 0.5) is 0 Å². The van der Waals surface area contributed by atoms with E-state index in [1.54, 1.807) is 26.1 Å². The minimum absolute atomic E-state index is 0.315. The van der Waals surface area contributed by atoms with Gasteiger partial charge in [0.25, 0.3) is 0 Å². The predicted octanol–water partition coefficient (Wildman–Crippen LogP) is 2.44. The first-order valence-electron chi connectivity index (χ1n) is 6.29. The van der Waals surface area contributed by atoms with Crippen molar-refractivity contribution in [1.82, 2.24) is 9.78 Å². The maximum absolute atomic E-state index is 12.1. The van der Waals surface area contributed by atoms with Crippen LogP contribution in [0.15, 0.2) is 24.3 Å². The van der Waals surface area contributed by atoms with Crippen LogP contribution in [0.2, 0.25) is 0 Å². The first-order valence-corrected chi connectivity index (χ1v) is 6.29. The van der Waals surface area contributed by atoms with Crippen molar-refractivity contribution < 1.29 is 9.53 Å². The van der Waals surface area contributed by atoms with Crippen molar-refractivity contribution in [2.45, 2.75) is 13.8 Å². The number of aryl methyl sites for hydroxylation is 2. The molecule has 2 rings (SSSR count). The van der Waals surface area contributed by atoms with Crippen LogP contribution in [0.1, 0.15) is 28.7 Å². The van der Waals surface area contributed by atoms with Crippen LogP contribution < -0.4 is 0 Å². The molecule has 0 N–H and O–H groups in total. The highest BCUT2D eigenvalue weighted by molar-refractivity contribution is 5.96. The van der Waals surface area contributed by atoms with Gasteiger partial charge in [-0.2, -0.15) is 10.4 Å². The van der Waals surface area contributed by atoms with E-state index in [0.717, 1.165) is 16.8 Å². The molecule has 2 aromatic rings. The number of nitriles is 1. The quantitative estimate of drug-likeness (QED) is 0.802. The Morgan fingerprint density at radius 3 is 2.60 bits per heavy atom. The van der Waals surface area contributed by atoms with E-state index >= 15 is 0 Å². The average molecular weight is 269 g/mol. The molecule has 0 saturated carbocycles. The number of carbonyl (C=O) groups excluding carboxylic acids is 1. The van der Waals surface area contributed by atoms with Crippen LogP contribution in [0, 0.1) is 18.3 Å². The van der Waals surface area contributed by atoms with Crippen LogP contribution in [0.3, 0.4) is 0 Å². The number of ether oxygens (including phenoxy) is 1. The summed E-state index contributed by atoms with van der Waals surface area (Å²) in [6.45, 7) is 3.93. The van der Waals surface area contributed by atoms with Gasteiger partial charge in [-0.3, -0.25) is 4.68 Å². The summed E-state index contributed by atoms with van der Waals surface area (Å²) < 4.78 is 6.61. The van der Waals surface area contributed by atoms with E-state index in [-0.39, 0.29) is 0 Å². The summed E-state index contributed by atoms with van der Waals surface area (Å²) in [6, 6.07) is 9.13. The van der Waals surface area contributed by atoms with Gasteiger partial charge in [0.2, 0.25) is 0 Å². The van der Waals surface area contributed by atoms with Gasteiger partial charge in [0, 0.05) is 12.6 Å². The van der Waals surface area contributed by atoms with E-state index < -0.39 is 5.97 Å². The minimum atomic E-state index is -0.394. The fourth-order valence-corrected chi connectivity index (χ4v) is 2.15. The molecule has 0 bridgehead atoms. The average Bonchev–Trinajstić information content (AvgIpc) is 2.74. The molecule has 0 radical (unpaired) electrons. The van der Waals surface area contributed by atoms with Crippen LogP contribution in [-0.4, -0.2) is 22.4 Å². The van der Waals surface area contributed by atoms with Gasteiger partial charge >= 0.3 is 5.97 Å². The van der Waals surface area contributed by atoms with Crippen molar-refractivity contribution in [2.75, 3.05) is 6.61 Å². The third-order valence-corrected chi connectivity index (χ3v) is 2.99. The molecule has 1 aromatic carbocycles. The third kappa shape index (κ3) is 2.41. The van der Waals surface area contributed by atoms with Gasteiger partial charge in [-0.25, -0.2) is 4.79 Å². The van der Waals surface area contributed by atoms with Crippen molar-refractivity contribution in [1.29, 1.82) is 5.26 Å². The summed E-state index contributed by atoms with van der Waals surface area (Å²) in [5.41, 5.74) is 3.34. The van der Waals surface area contributed by atoms with Gasteiger partial charge < -0.3 is 4.74 Å². The predicted molar refractivity (Wildman–Crippen MR) is 74.1 cm³/mol. The van der Waals surface area contributed by atoms with E-state index in [9.17, 15) is 4.79 Å². The Kier molecular flexibility index (Phi) is 3.85. The Balaban J connectivity index is 2.55. The highest BCUT2D eigenvalue weighted by Gasteiger charge is 2.22. The molecule has 0 aliphatic heterocycles. The summed E-state index contributed by atoms with van der Waals surface area (Å²) in [5, 5.41) is 13.1. The number of aromatic nitrogens is 2. The standard InChI is InChI=1S/C15H15N3O2/c1-4-20-15(19)14-13(10(2)17-18(14)3)12-7-5-11(9-16)6-8-12/h5-8H,4H2,1-3H3. The number of esters is 1. The van der Waals surface area contributed by atoms with Crippen molar-refractivity contribution in [2.24, 2.45) is 7.05 Å². The molecular weight excluding hydrogens is 254 g/mol. The molecule has 0 aliphatic rings. The SMILES string of the molecule is CCOC(=O)c1c(-c2ccc(C#N)cc2)c(C)nn1C. The molecule has 0 spiro atoms. The van der Waals surface area contributed by atoms with E-state index in [0.29, 0.717) is 17.9 Å². The van der Waals surface area contributed by atoms with Gasteiger partial charge in [0.15, 0.2) is 5.69 Å². The summed E-state index contributed by atoms with van der Waals surface area (Å²) in [5.74, 6) is -0.394. The zero-order valence-electron chi connectivity index (χ0n) is 11.7. The molecule has 0 atom stereocenters. The molecule has 1 heterocycles. The number of hydrogen-bond donors (Lipinski definition) is 0. The molecule has 0 unspecified atom stereocenters. The van der Waals surface area contributed by atoms with Gasteiger partial charge in [-0.05, 0) is 31.5 Å². The lowest BCUT2D eigenvalue weighted by molar-refractivity contribution is 0.0514. The van der Waals surface area contributed by atoms with E-state index in [1.807, 2.05) is 19.1 Å². The highest BCUT2D eigenvalue weighted by Crippen LogP contribution is 2.27. The molecule has 5 nitrogen and oxygen atoms in total. The van der Waals surface area contributed by atoms with Crippen molar-refractivity contribution >= 4 is 5.97 Å². The molecule has 0 amide bonds. The van der Waals surface area contributed by atoms with Gasteiger partial charge in [-0.15, -0.1) is 0 Å². The van der Waals surface area contributed by atoms with Crippen LogP contribution >= 0.6 is 0 Å². The number of hydrogen-bond acceptors (Lipinski definition) is 4. The summed E-state index contributed by atoms with van der Waals surface area (Å²) in [7, 11) is 1.71. The monoisotopic (exact) mass is 269 g/mol. The lowest BCUT2D eigenvalue weighted by atomic mass is 10.0. The van der Waals surface area contributed by atoms with Crippen molar-refractivity contribution in [3.8, 4) is 17.2 Å². The van der Waals surface area contributed by atoms with Crippen molar-refractivity contribution in [3.63, 3.8) is 0 Å². The van der Waals surface area contributed by atoms with Gasteiger partial charge in [0.05, 0.1) is 23.9 Å². The number of carbonyl (C=O) groups is 1. The zero-order valence-corrected chi connectivity index (χ0v) is 11.7. The second kappa shape index (κ2) is 5.57. The lowest BCUT2D eigenvalue weighted by Crippen LogP contribution is -2.11. The third-order valence-electron chi connectivity index (χ3n) is 2.99. The minimum Gasteiger partial charge on any atom is -0.461 e. The lowest BCUT2D eigenvalue weighted by Gasteiger charge is -2.06. The molecule has 0 fully saturated rings. The summed E-state index contributed by atoms with van der Waals surface area (Å²) >= 11 is 0. The molecule has 20 heavy (non-hydrogen) atoms. The Morgan fingerprint density at radius 2 is 2.05 bits per heavy atom. The normalized spacial score (nSPS) is 10.1. The summed E-state index contributed by atoms with van der Waals surface area (Å²) in [6.07, 6.45) is 0. The largest absolute Gasteiger partial charge is 0.461 e. The van der Waals surface area contributed by atoms with Crippen LogP contribution in [0.5, 0.6) is 0 Å². The maximum Gasteiger partial charge on any atom is 0.357 e. The Bertz CT molecular complexity index is 678. The Labute approximate surface area is 117 Å². The Morgan fingerprint density at radius 1 is 1.40 bits per heavy atom. The zero-order chi connectivity index (χ0) is 14.7. The molecule has 1 aromatic heterocycles. The van der Waals surface area contributed by atoms with Gasteiger partial charge in [-0.1, -0.05) is 12.1 Å². The molecule has 0 aliphatic carbocycles. The fraction of sp³-hybridized carbons (Fsp3) is 0.267. The molecule has 0 saturated heterocycles. The smallest absolute Gasteiger partial charge is 0.357 e. The van der Waals surface area contributed by atoms with E-state index in [1.165, 1.54) is 4.68 Å². The molecule has 5 heteroatoms. The van der Waals surface area contributed by atoms with Gasteiger partial charge in [0.1, 0.15) is 0 Å². The van der Waals surface area contributed by atoms with E-state index in [2.05, 4.69) is 11.2 Å². The first-order chi connectivity index (χ1) is 9.58. The highest BCUT2D eigenvalue weighted by atomic mass is 16.5. The molecular formula is C15H15N3O2. The molecule has 102 valence electrons. The summed E-state index contributed by atoms with van der Waals surface area (Å²) in [4.78, 5) is 12.1. The van der Waals surface area contributed by atoms with Crippen LogP contribution in [0.25, 0.3) is 11.1 Å². The van der Waals surface area contributed by atoms with E-state index in [4.69, 9.17) is 10.00 Å². The second-order valence-corrected chi connectivity index (χ2v) is 4.34. The number of benzene rings is 1. The second-order valence-electron chi connectivity index (χ2n) is 4.34. The Hall–Kier alpha value is -2.61. The van der Waals surface area contributed by atoms with Crippen LogP contribution in [-0.2, 0) is 11.8 Å². The number of nitrogens with zero attached hydrogens (tertiary/aromatic N) is 3. The topological polar surface area (TPSA) is 67.9 Å². The fourth-order valence-electron chi connectivity index (χ4n) is 2.15. The maximum atomic E-state index is 12.1. The number of rotatable bonds is 3. The first kappa shape index (κ1) is 13.8. The van der Waals surface area contributed by atoms with Crippen molar-refractivity contribution in [3.05, 3.63) is 41.2 Å².